The molecule has 6 heteroatoms. The number of aromatic hydroxyl groups is 1. The van der Waals surface area contributed by atoms with Crippen LogP contribution in [0.2, 0.25) is 0 Å². The molecule has 0 saturated carbocycles. The second-order valence-electron chi connectivity index (χ2n) is 4.69. The smallest absolute Gasteiger partial charge is 0.154 e. The molecule has 0 bridgehead atoms. The summed E-state index contributed by atoms with van der Waals surface area (Å²) in [6.07, 6.45) is 2.40. The summed E-state index contributed by atoms with van der Waals surface area (Å²) in [5, 5.41) is 26.0. The summed E-state index contributed by atoms with van der Waals surface area (Å²) in [6.45, 7) is 0.806. The predicted molar refractivity (Wildman–Crippen MR) is 80.3 cm³/mol. The minimum Gasteiger partial charge on any atom is -0.508 e. The first-order valence-corrected chi connectivity index (χ1v) is 6.77. The molecule has 0 atom stereocenters. The van der Waals surface area contributed by atoms with E-state index in [0.29, 0.717) is 13.0 Å². The highest BCUT2D eigenvalue weighted by atomic mass is 16.3. The number of phenolic OH excluding ortho intramolecular Hbond substituents is 1. The average molecular weight is 284 g/mol. The number of aliphatic hydroxyl groups excluding tert-OH is 1. The molecule has 0 aliphatic carbocycles. The van der Waals surface area contributed by atoms with Crippen LogP contribution in [0.1, 0.15) is 6.42 Å². The molecule has 3 N–H and O–H groups in total. The van der Waals surface area contributed by atoms with Crippen molar-refractivity contribution in [3.05, 3.63) is 42.6 Å². The number of nitrogens with one attached hydrogen (secondary N) is 1. The van der Waals surface area contributed by atoms with Crippen molar-refractivity contribution in [2.45, 2.75) is 6.42 Å². The van der Waals surface area contributed by atoms with Gasteiger partial charge in [0.1, 0.15) is 11.6 Å². The third-order valence-electron chi connectivity index (χ3n) is 3.15. The van der Waals surface area contributed by atoms with Gasteiger partial charge < -0.3 is 15.5 Å². The molecule has 3 aromatic rings. The van der Waals surface area contributed by atoms with E-state index in [1.54, 1.807) is 28.9 Å². The van der Waals surface area contributed by atoms with Crippen molar-refractivity contribution >= 4 is 11.5 Å². The van der Waals surface area contributed by atoms with Crippen LogP contribution in [0.5, 0.6) is 5.75 Å². The molecule has 2 heterocycles. The van der Waals surface area contributed by atoms with E-state index in [-0.39, 0.29) is 12.4 Å². The van der Waals surface area contributed by atoms with Crippen LogP contribution in [0.4, 0.5) is 5.82 Å². The monoisotopic (exact) mass is 284 g/mol. The van der Waals surface area contributed by atoms with Gasteiger partial charge in [0.2, 0.25) is 0 Å². The second kappa shape index (κ2) is 5.80. The zero-order chi connectivity index (χ0) is 14.7. The van der Waals surface area contributed by atoms with Crippen molar-refractivity contribution in [3.8, 4) is 17.0 Å². The van der Waals surface area contributed by atoms with Crippen LogP contribution in [-0.4, -0.2) is 38.0 Å². The first kappa shape index (κ1) is 13.4. The molecule has 0 unspecified atom stereocenters. The molecule has 0 spiro atoms. The summed E-state index contributed by atoms with van der Waals surface area (Å²) in [6, 6.07) is 10.7. The number of fused-ring (bicyclic) bond motifs is 1. The van der Waals surface area contributed by atoms with Crippen molar-refractivity contribution in [1.82, 2.24) is 14.6 Å². The van der Waals surface area contributed by atoms with Gasteiger partial charge >= 0.3 is 0 Å². The van der Waals surface area contributed by atoms with Crippen LogP contribution in [0.15, 0.2) is 42.6 Å². The molecule has 0 amide bonds. The number of aromatic nitrogens is 3. The van der Waals surface area contributed by atoms with Crippen LogP contribution >= 0.6 is 0 Å². The molecule has 3 rings (SSSR count). The molecule has 0 aliphatic heterocycles. The van der Waals surface area contributed by atoms with Crippen molar-refractivity contribution in [2.24, 2.45) is 0 Å². The summed E-state index contributed by atoms with van der Waals surface area (Å²) in [5.74, 6) is 0.926. The van der Waals surface area contributed by atoms with Crippen molar-refractivity contribution in [3.63, 3.8) is 0 Å². The van der Waals surface area contributed by atoms with Gasteiger partial charge in [-0.05, 0) is 30.7 Å². The van der Waals surface area contributed by atoms with Gasteiger partial charge in [0.05, 0.1) is 11.9 Å². The van der Waals surface area contributed by atoms with Gasteiger partial charge in [0.25, 0.3) is 0 Å². The van der Waals surface area contributed by atoms with Crippen LogP contribution in [-0.2, 0) is 0 Å². The van der Waals surface area contributed by atoms with Crippen molar-refractivity contribution in [1.29, 1.82) is 0 Å². The number of imidazole rings is 1. The highest BCUT2D eigenvalue weighted by Crippen LogP contribution is 2.24. The lowest BCUT2D eigenvalue weighted by atomic mass is 10.1. The lowest BCUT2D eigenvalue weighted by molar-refractivity contribution is 0.292. The second-order valence-corrected chi connectivity index (χ2v) is 4.69. The van der Waals surface area contributed by atoms with Crippen LogP contribution in [0, 0.1) is 0 Å². The van der Waals surface area contributed by atoms with Gasteiger partial charge in [0, 0.05) is 18.7 Å². The maximum atomic E-state index is 9.60. The molecular weight excluding hydrogens is 268 g/mol. The molecular formula is C15H16N4O2. The van der Waals surface area contributed by atoms with Crippen LogP contribution in [0.3, 0.4) is 0 Å². The van der Waals surface area contributed by atoms with E-state index in [1.807, 2.05) is 18.2 Å². The Labute approximate surface area is 121 Å². The first-order valence-electron chi connectivity index (χ1n) is 6.77. The number of aliphatic hydroxyl groups is 1. The summed E-state index contributed by atoms with van der Waals surface area (Å²) < 4.78 is 1.73. The fourth-order valence-corrected chi connectivity index (χ4v) is 2.13. The normalized spacial score (nSPS) is 10.9. The highest BCUT2D eigenvalue weighted by Gasteiger charge is 2.08. The Bertz CT molecular complexity index is 754. The van der Waals surface area contributed by atoms with Crippen molar-refractivity contribution in [2.75, 3.05) is 18.5 Å². The molecule has 0 aliphatic rings. The average Bonchev–Trinajstić information content (AvgIpc) is 2.91. The number of nitrogens with zero attached hydrogens (tertiary/aromatic N) is 3. The van der Waals surface area contributed by atoms with Gasteiger partial charge in [-0.2, -0.15) is 0 Å². The van der Waals surface area contributed by atoms with E-state index in [4.69, 9.17) is 5.11 Å². The van der Waals surface area contributed by atoms with Crippen LogP contribution in [0.25, 0.3) is 16.9 Å². The van der Waals surface area contributed by atoms with E-state index in [1.165, 1.54) is 0 Å². The largest absolute Gasteiger partial charge is 0.508 e. The Balaban J connectivity index is 1.97. The zero-order valence-electron chi connectivity index (χ0n) is 11.4. The number of hydrogen-bond donors (Lipinski definition) is 3. The number of benzene rings is 1. The van der Waals surface area contributed by atoms with Gasteiger partial charge in [-0.25, -0.2) is 9.50 Å². The fraction of sp³-hybridized carbons (Fsp3) is 0.200. The standard InChI is InChI=1S/C15H16N4O2/c20-8-2-7-16-14-5-6-15-17-10-13(19(15)18-14)11-3-1-4-12(21)9-11/h1,3-6,9-10,20-21H,2,7-8H2,(H,16,18). The number of anilines is 1. The van der Waals surface area contributed by atoms with Gasteiger partial charge in [-0.3, -0.25) is 0 Å². The van der Waals surface area contributed by atoms with Crippen LogP contribution < -0.4 is 5.32 Å². The summed E-state index contributed by atoms with van der Waals surface area (Å²) >= 11 is 0. The SMILES string of the molecule is OCCCNc1ccc2ncc(-c3cccc(O)c3)n2n1. The van der Waals surface area contributed by atoms with E-state index in [0.717, 1.165) is 22.7 Å². The number of hydrogen-bond acceptors (Lipinski definition) is 5. The number of phenols is 1. The topological polar surface area (TPSA) is 82.7 Å². The quantitative estimate of drug-likeness (QED) is 0.623. The van der Waals surface area contributed by atoms with E-state index >= 15 is 0 Å². The van der Waals surface area contributed by atoms with Gasteiger partial charge in [-0.1, -0.05) is 12.1 Å². The highest BCUT2D eigenvalue weighted by molar-refractivity contribution is 5.64. The maximum absolute atomic E-state index is 9.60. The van der Waals surface area contributed by atoms with Gasteiger partial charge in [0.15, 0.2) is 5.65 Å². The molecule has 6 nitrogen and oxygen atoms in total. The lowest BCUT2D eigenvalue weighted by Gasteiger charge is -2.06. The Kier molecular flexibility index (Phi) is 3.70. The number of rotatable bonds is 5. The van der Waals surface area contributed by atoms with E-state index in [2.05, 4.69) is 15.4 Å². The first-order chi connectivity index (χ1) is 10.3. The molecule has 108 valence electrons. The molecule has 0 fully saturated rings. The lowest BCUT2D eigenvalue weighted by Crippen LogP contribution is -2.07. The maximum Gasteiger partial charge on any atom is 0.154 e. The third kappa shape index (κ3) is 2.80. The van der Waals surface area contributed by atoms with E-state index < -0.39 is 0 Å². The molecule has 0 saturated heterocycles. The Morgan fingerprint density at radius 1 is 1.19 bits per heavy atom. The van der Waals surface area contributed by atoms with Crippen molar-refractivity contribution < 1.29 is 10.2 Å². The summed E-state index contributed by atoms with van der Waals surface area (Å²) in [4.78, 5) is 4.31. The Hall–Kier alpha value is -2.60. The summed E-state index contributed by atoms with van der Waals surface area (Å²) in [7, 11) is 0. The molecule has 21 heavy (non-hydrogen) atoms. The fourth-order valence-electron chi connectivity index (χ4n) is 2.13. The molecule has 0 radical (unpaired) electrons. The summed E-state index contributed by atoms with van der Waals surface area (Å²) in [5.41, 5.74) is 2.40. The predicted octanol–water partition coefficient (Wildman–Crippen LogP) is 1.90. The minimum absolute atomic E-state index is 0.148. The molecule has 1 aromatic carbocycles. The van der Waals surface area contributed by atoms with E-state index in [9.17, 15) is 5.11 Å². The van der Waals surface area contributed by atoms with Gasteiger partial charge in [-0.15, -0.1) is 5.10 Å². The molecule has 2 aromatic heterocycles. The zero-order valence-corrected chi connectivity index (χ0v) is 11.4. The third-order valence-corrected chi connectivity index (χ3v) is 3.15. The Morgan fingerprint density at radius 2 is 2.10 bits per heavy atom. The Morgan fingerprint density at radius 3 is 2.90 bits per heavy atom. The minimum atomic E-state index is 0.148.